The van der Waals surface area contributed by atoms with Crippen molar-refractivity contribution in [2.75, 3.05) is 25.6 Å². The van der Waals surface area contributed by atoms with E-state index in [9.17, 15) is 9.18 Å². The summed E-state index contributed by atoms with van der Waals surface area (Å²) in [6.07, 6.45) is 0.231. The number of esters is 1. The third kappa shape index (κ3) is 3.45. The van der Waals surface area contributed by atoms with Gasteiger partial charge in [-0.05, 0) is 18.2 Å². The van der Waals surface area contributed by atoms with E-state index in [-0.39, 0.29) is 18.0 Å². The third-order valence-corrected chi connectivity index (χ3v) is 2.39. The molecule has 0 N–H and O–H groups in total. The number of carbonyl (C=O) groups is 1. The summed E-state index contributed by atoms with van der Waals surface area (Å²) in [7, 11) is 3.06. The molecular formula is C12H13FN2O2. The molecule has 0 aliphatic rings. The molecule has 0 aromatic heterocycles. The maximum Gasteiger partial charge on any atom is 0.307 e. The van der Waals surface area contributed by atoms with Gasteiger partial charge in [0.1, 0.15) is 11.9 Å². The lowest BCUT2D eigenvalue weighted by Crippen LogP contribution is -2.21. The molecule has 90 valence electrons. The Hall–Kier alpha value is -2.09. The normalized spacial score (nSPS) is 9.53. The molecule has 17 heavy (non-hydrogen) atoms. The second-order valence-corrected chi connectivity index (χ2v) is 3.52. The van der Waals surface area contributed by atoms with E-state index in [2.05, 4.69) is 4.74 Å². The fourth-order valence-corrected chi connectivity index (χ4v) is 1.32. The van der Waals surface area contributed by atoms with Crippen molar-refractivity contribution in [2.45, 2.75) is 6.42 Å². The van der Waals surface area contributed by atoms with Crippen LogP contribution in [0.2, 0.25) is 0 Å². The Morgan fingerprint density at radius 2 is 2.29 bits per heavy atom. The standard InChI is InChI=1S/C12H13FN2O2/c1-15(6-5-12(16)17-2)10-4-3-9(8-14)11(13)7-10/h3-4,7H,5-6H2,1-2H3. The summed E-state index contributed by atoms with van der Waals surface area (Å²) in [5, 5.41) is 8.59. The molecule has 0 saturated carbocycles. The van der Waals surface area contributed by atoms with Gasteiger partial charge >= 0.3 is 5.97 Å². The van der Waals surface area contributed by atoms with Gasteiger partial charge in [0.15, 0.2) is 0 Å². The first kappa shape index (κ1) is 13.0. The van der Waals surface area contributed by atoms with Gasteiger partial charge in [0.05, 0.1) is 19.1 Å². The van der Waals surface area contributed by atoms with Gasteiger partial charge in [-0.25, -0.2) is 4.39 Å². The van der Waals surface area contributed by atoms with Crippen LogP contribution < -0.4 is 4.90 Å². The molecular weight excluding hydrogens is 223 g/mol. The van der Waals surface area contributed by atoms with Gasteiger partial charge in [-0.1, -0.05) is 0 Å². The van der Waals surface area contributed by atoms with Crippen LogP contribution in [0.15, 0.2) is 18.2 Å². The fourth-order valence-electron chi connectivity index (χ4n) is 1.32. The van der Waals surface area contributed by atoms with Crippen LogP contribution in [0.25, 0.3) is 0 Å². The topological polar surface area (TPSA) is 53.3 Å². The average molecular weight is 236 g/mol. The van der Waals surface area contributed by atoms with Crippen LogP contribution in [-0.4, -0.2) is 26.7 Å². The van der Waals surface area contributed by atoms with Crippen molar-refractivity contribution >= 4 is 11.7 Å². The number of ether oxygens (including phenoxy) is 1. The first-order valence-corrected chi connectivity index (χ1v) is 5.06. The van der Waals surface area contributed by atoms with Crippen LogP contribution in [0.3, 0.4) is 0 Å². The van der Waals surface area contributed by atoms with E-state index in [0.717, 1.165) is 0 Å². The summed E-state index contributed by atoms with van der Waals surface area (Å²) < 4.78 is 17.8. The monoisotopic (exact) mass is 236 g/mol. The SMILES string of the molecule is COC(=O)CCN(C)c1ccc(C#N)c(F)c1. The molecule has 5 heteroatoms. The molecule has 0 radical (unpaired) electrons. The molecule has 0 saturated heterocycles. The number of hydrogen-bond acceptors (Lipinski definition) is 4. The Kier molecular flexibility index (Phi) is 4.46. The number of carbonyl (C=O) groups excluding carboxylic acids is 1. The zero-order valence-corrected chi connectivity index (χ0v) is 9.74. The molecule has 0 bridgehead atoms. The molecule has 1 rings (SSSR count). The van der Waals surface area contributed by atoms with Crippen molar-refractivity contribution in [2.24, 2.45) is 0 Å². The van der Waals surface area contributed by atoms with E-state index in [1.807, 2.05) is 0 Å². The summed E-state index contributed by atoms with van der Waals surface area (Å²) in [5.74, 6) is -0.874. The Balaban J connectivity index is 2.70. The number of anilines is 1. The minimum absolute atomic E-state index is 0.00937. The van der Waals surface area contributed by atoms with E-state index in [0.29, 0.717) is 12.2 Å². The maximum atomic E-state index is 13.3. The lowest BCUT2D eigenvalue weighted by Gasteiger charge is -2.18. The number of hydrogen-bond donors (Lipinski definition) is 0. The number of halogens is 1. The zero-order chi connectivity index (χ0) is 12.8. The van der Waals surface area contributed by atoms with Crippen LogP contribution in [0.5, 0.6) is 0 Å². The molecule has 0 heterocycles. The van der Waals surface area contributed by atoms with Crippen molar-refractivity contribution in [3.05, 3.63) is 29.6 Å². The molecule has 0 amide bonds. The van der Waals surface area contributed by atoms with Gasteiger partial charge in [0, 0.05) is 19.3 Å². The molecule has 1 aromatic carbocycles. The van der Waals surface area contributed by atoms with Crippen molar-refractivity contribution in [1.29, 1.82) is 5.26 Å². The predicted octanol–water partition coefficient (Wildman–Crippen LogP) is 1.70. The van der Waals surface area contributed by atoms with Crippen LogP contribution >= 0.6 is 0 Å². The number of nitriles is 1. The highest BCUT2D eigenvalue weighted by Gasteiger charge is 2.08. The second-order valence-electron chi connectivity index (χ2n) is 3.52. The van der Waals surface area contributed by atoms with Crippen LogP contribution in [-0.2, 0) is 9.53 Å². The summed E-state index contributed by atoms with van der Waals surface area (Å²) >= 11 is 0. The average Bonchev–Trinajstić information content (AvgIpc) is 2.35. The van der Waals surface area contributed by atoms with Crippen molar-refractivity contribution < 1.29 is 13.9 Å². The highest BCUT2D eigenvalue weighted by Crippen LogP contribution is 2.17. The molecule has 0 aliphatic carbocycles. The third-order valence-electron chi connectivity index (χ3n) is 2.39. The largest absolute Gasteiger partial charge is 0.469 e. The Labute approximate surface area is 99.2 Å². The smallest absolute Gasteiger partial charge is 0.307 e. The van der Waals surface area contributed by atoms with Gasteiger partial charge < -0.3 is 9.64 Å². The first-order valence-electron chi connectivity index (χ1n) is 5.06. The van der Waals surface area contributed by atoms with Crippen LogP contribution in [0.1, 0.15) is 12.0 Å². The Morgan fingerprint density at radius 1 is 1.59 bits per heavy atom. The zero-order valence-electron chi connectivity index (χ0n) is 9.74. The molecule has 0 atom stereocenters. The number of methoxy groups -OCH3 is 1. The second kappa shape index (κ2) is 5.85. The van der Waals surface area contributed by atoms with E-state index < -0.39 is 5.82 Å². The van der Waals surface area contributed by atoms with E-state index in [1.165, 1.54) is 19.2 Å². The number of nitrogens with zero attached hydrogens (tertiary/aromatic N) is 2. The highest BCUT2D eigenvalue weighted by molar-refractivity contribution is 5.70. The van der Waals surface area contributed by atoms with Crippen molar-refractivity contribution in [3.8, 4) is 6.07 Å². The number of rotatable bonds is 4. The lowest BCUT2D eigenvalue weighted by molar-refractivity contribution is -0.140. The van der Waals surface area contributed by atoms with Crippen LogP contribution in [0.4, 0.5) is 10.1 Å². The minimum Gasteiger partial charge on any atom is -0.469 e. The quantitative estimate of drug-likeness (QED) is 0.746. The fraction of sp³-hybridized carbons (Fsp3) is 0.333. The lowest BCUT2D eigenvalue weighted by atomic mass is 10.2. The summed E-state index contributed by atoms with van der Waals surface area (Å²) in [6, 6.07) is 6.08. The molecule has 0 fully saturated rings. The van der Waals surface area contributed by atoms with Gasteiger partial charge in [-0.15, -0.1) is 0 Å². The van der Waals surface area contributed by atoms with Gasteiger partial charge in [-0.3, -0.25) is 4.79 Å². The van der Waals surface area contributed by atoms with Crippen molar-refractivity contribution in [1.82, 2.24) is 0 Å². The summed E-state index contributed by atoms with van der Waals surface area (Å²) in [6.45, 7) is 0.429. The van der Waals surface area contributed by atoms with Gasteiger partial charge in [0.2, 0.25) is 0 Å². The molecule has 1 aromatic rings. The van der Waals surface area contributed by atoms with Crippen molar-refractivity contribution in [3.63, 3.8) is 0 Å². The van der Waals surface area contributed by atoms with Gasteiger partial charge in [0.25, 0.3) is 0 Å². The Bertz CT molecular complexity index is 454. The van der Waals surface area contributed by atoms with Crippen LogP contribution in [0, 0.1) is 17.1 Å². The molecule has 0 aliphatic heterocycles. The van der Waals surface area contributed by atoms with E-state index >= 15 is 0 Å². The minimum atomic E-state index is -0.560. The Morgan fingerprint density at radius 3 is 2.82 bits per heavy atom. The predicted molar refractivity (Wildman–Crippen MR) is 61.0 cm³/mol. The summed E-state index contributed by atoms with van der Waals surface area (Å²) in [4.78, 5) is 12.7. The molecule has 4 nitrogen and oxygen atoms in total. The van der Waals surface area contributed by atoms with E-state index in [4.69, 9.17) is 5.26 Å². The highest BCUT2D eigenvalue weighted by atomic mass is 19.1. The van der Waals surface area contributed by atoms with E-state index in [1.54, 1.807) is 24.1 Å². The maximum absolute atomic E-state index is 13.3. The molecule has 0 spiro atoms. The first-order chi connectivity index (χ1) is 8.08. The molecule has 0 unspecified atom stereocenters. The summed E-state index contributed by atoms with van der Waals surface area (Å²) in [5.41, 5.74) is 0.625. The number of benzene rings is 1. The van der Waals surface area contributed by atoms with Gasteiger partial charge in [-0.2, -0.15) is 5.26 Å².